The smallest absolute Gasteiger partial charge is 0.178 e. The van der Waals surface area contributed by atoms with Crippen molar-refractivity contribution in [2.24, 2.45) is 0 Å². The van der Waals surface area contributed by atoms with Crippen LogP contribution in [0.25, 0.3) is 39.1 Å². The van der Waals surface area contributed by atoms with Crippen molar-refractivity contribution in [3.05, 3.63) is 293 Å². The fourth-order valence-corrected chi connectivity index (χ4v) is 12.5. The Morgan fingerprint density at radius 3 is 1.46 bits per heavy atom. The minimum atomic E-state index is -0.910. The lowest BCUT2D eigenvalue weighted by Gasteiger charge is -2.40. The third-order valence-electron chi connectivity index (χ3n) is 16.3. The minimum Gasteiger partial charge on any atom is -0.472 e. The third-order valence-corrected chi connectivity index (χ3v) is 16.3. The SMILES string of the molecule is CCCCCCc1ccc(C2(c3ccc(CCCCCC)cc3)c3cc(N(c4ccccc4)c4ccccc4)ccc3-c3c2c2c(c4ccccc34)OC(c3ccccc3)(c3ccc(-c4ccccc4)cc3)C=C2)cc1. The van der Waals surface area contributed by atoms with E-state index in [0.29, 0.717) is 0 Å². The van der Waals surface area contributed by atoms with Crippen LogP contribution in [0.2, 0.25) is 0 Å². The largest absolute Gasteiger partial charge is 0.472 e. The molecular weight excluding hydrogens is 919 g/mol. The number of ether oxygens (including phenoxy) is 1. The Bertz CT molecular complexity index is 3510. The topological polar surface area (TPSA) is 12.5 Å². The summed E-state index contributed by atoms with van der Waals surface area (Å²) in [6.07, 6.45) is 16.8. The molecule has 12 rings (SSSR count). The Morgan fingerprint density at radius 1 is 0.408 bits per heavy atom. The number of para-hydroxylation sites is 2. The molecule has 10 aromatic rings. The van der Waals surface area contributed by atoms with Gasteiger partial charge in [-0.3, -0.25) is 0 Å². The maximum atomic E-state index is 7.99. The molecule has 0 saturated heterocycles. The molecule has 0 saturated carbocycles. The van der Waals surface area contributed by atoms with Crippen LogP contribution < -0.4 is 9.64 Å². The normalized spacial score (nSPS) is 14.9. The zero-order valence-electron chi connectivity index (χ0n) is 44.1. The van der Waals surface area contributed by atoms with Gasteiger partial charge in [0.25, 0.3) is 0 Å². The molecule has 1 aliphatic heterocycles. The molecule has 1 atom stereocenters. The van der Waals surface area contributed by atoms with Crippen LogP contribution in [0.3, 0.4) is 0 Å². The summed E-state index contributed by atoms with van der Waals surface area (Å²) in [4.78, 5) is 2.42. The van der Waals surface area contributed by atoms with Crippen molar-refractivity contribution >= 4 is 33.9 Å². The van der Waals surface area contributed by atoms with Crippen molar-refractivity contribution in [1.29, 1.82) is 0 Å². The quantitative estimate of drug-likeness (QED) is 0.0795. The molecule has 76 heavy (non-hydrogen) atoms. The van der Waals surface area contributed by atoms with Gasteiger partial charge in [-0.15, -0.1) is 0 Å². The number of nitrogens with zero attached hydrogens (tertiary/aromatic N) is 1. The van der Waals surface area contributed by atoms with Gasteiger partial charge in [0.1, 0.15) is 5.75 Å². The lowest BCUT2D eigenvalue weighted by atomic mass is 9.65. The summed E-state index contributed by atoms with van der Waals surface area (Å²) < 4.78 is 7.99. The van der Waals surface area contributed by atoms with Crippen molar-refractivity contribution < 1.29 is 4.74 Å². The number of unbranched alkanes of at least 4 members (excludes halogenated alkanes) is 6. The summed E-state index contributed by atoms with van der Waals surface area (Å²) >= 11 is 0. The summed E-state index contributed by atoms with van der Waals surface area (Å²) in [6.45, 7) is 4.59. The second-order valence-electron chi connectivity index (χ2n) is 21.0. The zero-order chi connectivity index (χ0) is 51.3. The van der Waals surface area contributed by atoms with Gasteiger partial charge < -0.3 is 9.64 Å². The van der Waals surface area contributed by atoms with Gasteiger partial charge in [0.15, 0.2) is 5.60 Å². The van der Waals surface area contributed by atoms with E-state index >= 15 is 0 Å². The monoisotopic (exact) mass is 986 g/mol. The van der Waals surface area contributed by atoms with Crippen molar-refractivity contribution in [3.63, 3.8) is 0 Å². The Balaban J connectivity index is 1.14. The highest BCUT2D eigenvalue weighted by atomic mass is 16.5. The summed E-state index contributed by atoms with van der Waals surface area (Å²) in [6, 6.07) is 88.0. The first kappa shape index (κ1) is 48.7. The fraction of sp³-hybridized carbons (Fsp3) is 0.189. The van der Waals surface area contributed by atoms with E-state index in [1.165, 1.54) is 112 Å². The molecule has 0 bridgehead atoms. The number of anilines is 3. The van der Waals surface area contributed by atoms with Crippen LogP contribution in [-0.4, -0.2) is 0 Å². The zero-order valence-corrected chi connectivity index (χ0v) is 44.1. The first-order valence-electron chi connectivity index (χ1n) is 28.0. The van der Waals surface area contributed by atoms with E-state index in [9.17, 15) is 0 Å². The summed E-state index contributed by atoms with van der Waals surface area (Å²) in [5.41, 5.74) is 17.7. The summed E-state index contributed by atoms with van der Waals surface area (Å²) in [7, 11) is 0. The van der Waals surface area contributed by atoms with Gasteiger partial charge in [-0.25, -0.2) is 0 Å². The van der Waals surface area contributed by atoms with Crippen LogP contribution in [0.4, 0.5) is 17.1 Å². The van der Waals surface area contributed by atoms with E-state index in [-0.39, 0.29) is 0 Å². The van der Waals surface area contributed by atoms with E-state index < -0.39 is 11.0 Å². The average Bonchev–Trinajstić information content (AvgIpc) is 4.04. The minimum absolute atomic E-state index is 0.743. The number of aryl methyl sites for hydroxylation is 2. The molecule has 0 amide bonds. The van der Waals surface area contributed by atoms with E-state index in [0.717, 1.165) is 57.7 Å². The van der Waals surface area contributed by atoms with Crippen molar-refractivity contribution in [2.45, 2.75) is 89.1 Å². The number of fused-ring (bicyclic) bond motifs is 8. The Labute approximate surface area is 451 Å². The van der Waals surface area contributed by atoms with Crippen molar-refractivity contribution in [1.82, 2.24) is 0 Å². The molecule has 0 radical (unpaired) electrons. The molecule has 0 spiro atoms. The van der Waals surface area contributed by atoms with Crippen LogP contribution >= 0.6 is 0 Å². The van der Waals surface area contributed by atoms with E-state index in [1.807, 2.05) is 0 Å². The summed E-state index contributed by atoms with van der Waals surface area (Å²) in [5.74, 6) is 0.903. The van der Waals surface area contributed by atoms with Crippen LogP contribution in [0, 0.1) is 0 Å². The predicted molar refractivity (Wildman–Crippen MR) is 320 cm³/mol. The highest BCUT2D eigenvalue weighted by molar-refractivity contribution is 6.10. The highest BCUT2D eigenvalue weighted by Gasteiger charge is 2.51. The van der Waals surface area contributed by atoms with Crippen LogP contribution in [0.15, 0.2) is 243 Å². The van der Waals surface area contributed by atoms with Crippen LogP contribution in [0.1, 0.15) is 115 Å². The molecule has 2 aliphatic rings. The first-order valence-corrected chi connectivity index (χ1v) is 28.0. The molecule has 10 aromatic carbocycles. The van der Waals surface area contributed by atoms with Crippen LogP contribution in [-0.2, 0) is 23.9 Å². The van der Waals surface area contributed by atoms with Gasteiger partial charge >= 0.3 is 0 Å². The highest BCUT2D eigenvalue weighted by Crippen LogP contribution is 2.63. The maximum Gasteiger partial charge on any atom is 0.178 e. The van der Waals surface area contributed by atoms with Gasteiger partial charge in [-0.1, -0.05) is 259 Å². The van der Waals surface area contributed by atoms with Crippen molar-refractivity contribution in [2.75, 3.05) is 4.90 Å². The number of rotatable bonds is 18. The summed E-state index contributed by atoms with van der Waals surface area (Å²) in [5, 5.41) is 2.29. The van der Waals surface area contributed by atoms with Crippen molar-refractivity contribution in [3.8, 4) is 28.0 Å². The van der Waals surface area contributed by atoms with Gasteiger partial charge in [0.2, 0.25) is 0 Å². The van der Waals surface area contributed by atoms with E-state index in [4.69, 9.17) is 4.74 Å². The Kier molecular flexibility index (Phi) is 13.8. The molecule has 0 fully saturated rings. The Morgan fingerprint density at radius 2 is 0.895 bits per heavy atom. The number of benzene rings is 10. The molecule has 374 valence electrons. The molecule has 1 aliphatic carbocycles. The second kappa shape index (κ2) is 21.6. The molecule has 2 heteroatoms. The molecule has 0 aromatic heterocycles. The molecule has 1 heterocycles. The standard InChI is InChI=1S/C74H67NO/c1-3-5-7-13-25-54-37-43-60(44-38-54)74(61-45-39-55(40-46-61)26-14-8-6-4-2)69-53-64(75(62-31-19-11-20-32-62)63-33-21-12-22-34-63)49-50-67(69)70-65-35-23-24-36-66(65)72-68(71(70)74)51-52-73(76-72,58-29-17-10-18-30-58)59-47-41-57(42-48-59)56-27-15-9-16-28-56/h9-12,15-24,27-53H,3-8,13-14,25-26H2,1-2H3. The van der Waals surface area contributed by atoms with Gasteiger partial charge in [0, 0.05) is 39.1 Å². The first-order chi connectivity index (χ1) is 37.6. The number of hydrogen-bond donors (Lipinski definition) is 0. The number of hydrogen-bond acceptors (Lipinski definition) is 2. The Hall–Kier alpha value is -8.20. The lowest BCUT2D eigenvalue weighted by Crippen LogP contribution is -2.36. The predicted octanol–water partition coefficient (Wildman–Crippen LogP) is 19.9. The molecular formula is C74H67NO. The lowest BCUT2D eigenvalue weighted by molar-refractivity contribution is 0.163. The van der Waals surface area contributed by atoms with Crippen LogP contribution in [0.5, 0.6) is 5.75 Å². The second-order valence-corrected chi connectivity index (χ2v) is 21.0. The van der Waals surface area contributed by atoms with E-state index in [1.54, 1.807) is 0 Å². The molecule has 2 nitrogen and oxygen atoms in total. The van der Waals surface area contributed by atoms with Gasteiger partial charge in [0.05, 0.1) is 5.41 Å². The molecule has 1 unspecified atom stereocenters. The fourth-order valence-electron chi connectivity index (χ4n) is 12.5. The van der Waals surface area contributed by atoms with E-state index in [2.05, 4.69) is 267 Å². The van der Waals surface area contributed by atoms with Gasteiger partial charge in [-0.05, 0) is 129 Å². The maximum absolute atomic E-state index is 7.99. The van der Waals surface area contributed by atoms with Gasteiger partial charge in [-0.2, -0.15) is 0 Å². The molecule has 0 N–H and O–H groups in total. The average molecular weight is 986 g/mol. The third kappa shape index (κ3) is 8.84.